The molecule has 0 aromatic heterocycles. The Morgan fingerprint density at radius 2 is 1.50 bits per heavy atom. The Bertz CT molecular complexity index is 1300. The average molecular weight is 529 g/mol. The number of rotatable bonds is 9. The Balaban J connectivity index is 1.39. The lowest BCUT2D eigenvalue weighted by Gasteiger charge is -2.28. The molecule has 38 heavy (non-hydrogen) atoms. The molecular weight excluding hydrogens is 500 g/mol. The molecule has 0 aliphatic heterocycles. The molecule has 1 aliphatic carbocycles. The van der Waals surface area contributed by atoms with Crippen LogP contribution in [0.4, 0.5) is 17.6 Å². The molecular formula is C30H28F4O4. The molecule has 0 spiro atoms. The summed E-state index contributed by atoms with van der Waals surface area (Å²) >= 11 is 0. The van der Waals surface area contributed by atoms with Crippen LogP contribution < -0.4 is 14.2 Å². The van der Waals surface area contributed by atoms with Gasteiger partial charge < -0.3 is 14.2 Å². The molecule has 3 aromatic carbocycles. The third kappa shape index (κ3) is 5.85. The molecule has 0 unspecified atom stereocenters. The Morgan fingerprint density at radius 1 is 0.842 bits per heavy atom. The van der Waals surface area contributed by atoms with Crippen LogP contribution in [0.3, 0.4) is 0 Å². The van der Waals surface area contributed by atoms with Crippen molar-refractivity contribution in [3.63, 3.8) is 0 Å². The van der Waals surface area contributed by atoms with Gasteiger partial charge in [0.15, 0.2) is 23.1 Å². The van der Waals surface area contributed by atoms with Crippen LogP contribution in [-0.2, 0) is 4.79 Å². The molecule has 0 heterocycles. The molecule has 0 radical (unpaired) electrons. The van der Waals surface area contributed by atoms with E-state index in [2.05, 4.69) is 6.58 Å². The molecule has 1 fully saturated rings. The molecule has 4 rings (SSSR count). The number of carbonyl (C=O) groups is 1. The third-order valence-corrected chi connectivity index (χ3v) is 6.67. The topological polar surface area (TPSA) is 44.8 Å². The van der Waals surface area contributed by atoms with Crippen molar-refractivity contribution in [3.8, 4) is 28.4 Å². The second kappa shape index (κ2) is 12.2. The predicted octanol–water partition coefficient (Wildman–Crippen LogP) is 7.75. The van der Waals surface area contributed by atoms with Crippen LogP contribution in [0.15, 0.2) is 61.2 Å². The Hall–Kier alpha value is -3.81. The molecule has 0 amide bonds. The maximum absolute atomic E-state index is 14.8. The zero-order chi connectivity index (χ0) is 27.2. The number of hydrogen-bond acceptors (Lipinski definition) is 4. The Labute approximate surface area is 218 Å². The maximum Gasteiger partial charge on any atom is 0.314 e. The van der Waals surface area contributed by atoms with Gasteiger partial charge in [0.2, 0.25) is 11.6 Å². The van der Waals surface area contributed by atoms with E-state index in [0.717, 1.165) is 0 Å². The van der Waals surface area contributed by atoms with Gasteiger partial charge in [-0.2, -0.15) is 8.78 Å². The molecule has 0 bridgehead atoms. The van der Waals surface area contributed by atoms with E-state index in [1.54, 1.807) is 24.3 Å². The SMILES string of the molecule is C=CCOc1ccc(C2CCC(C(=O)Oc3ccc(-c4ccc(OCC)cc4)c(F)c3F)CC2)c(F)c1F. The average Bonchev–Trinajstić information content (AvgIpc) is 2.93. The highest BCUT2D eigenvalue weighted by atomic mass is 19.2. The van der Waals surface area contributed by atoms with Gasteiger partial charge in [-0.15, -0.1) is 0 Å². The Morgan fingerprint density at radius 3 is 2.16 bits per heavy atom. The third-order valence-electron chi connectivity index (χ3n) is 6.67. The molecule has 4 nitrogen and oxygen atoms in total. The largest absolute Gasteiger partial charge is 0.494 e. The van der Waals surface area contributed by atoms with E-state index in [1.807, 2.05) is 6.92 Å². The van der Waals surface area contributed by atoms with Gasteiger partial charge in [0.25, 0.3) is 0 Å². The lowest BCUT2D eigenvalue weighted by Crippen LogP contribution is -2.26. The first-order valence-corrected chi connectivity index (χ1v) is 12.5. The van der Waals surface area contributed by atoms with Crippen LogP contribution >= 0.6 is 0 Å². The molecule has 1 saturated carbocycles. The normalized spacial score (nSPS) is 17.1. The minimum atomic E-state index is -1.25. The van der Waals surface area contributed by atoms with Crippen LogP contribution in [0.25, 0.3) is 11.1 Å². The summed E-state index contributed by atoms with van der Waals surface area (Å²) in [6, 6.07) is 12.0. The fourth-order valence-corrected chi connectivity index (χ4v) is 4.68. The number of esters is 1. The van der Waals surface area contributed by atoms with Crippen molar-refractivity contribution in [2.45, 2.75) is 38.5 Å². The summed E-state index contributed by atoms with van der Waals surface area (Å²) in [6.45, 7) is 5.86. The highest BCUT2D eigenvalue weighted by Crippen LogP contribution is 2.39. The summed E-state index contributed by atoms with van der Waals surface area (Å²) in [5.41, 5.74) is 0.698. The van der Waals surface area contributed by atoms with Gasteiger partial charge in [0.05, 0.1) is 12.5 Å². The summed E-state index contributed by atoms with van der Waals surface area (Å²) in [5, 5.41) is 0. The van der Waals surface area contributed by atoms with Crippen molar-refractivity contribution in [3.05, 3.63) is 90.0 Å². The lowest BCUT2D eigenvalue weighted by molar-refractivity contribution is -0.140. The van der Waals surface area contributed by atoms with E-state index >= 15 is 0 Å². The van der Waals surface area contributed by atoms with E-state index in [-0.39, 0.29) is 29.4 Å². The highest BCUT2D eigenvalue weighted by molar-refractivity contribution is 5.76. The van der Waals surface area contributed by atoms with Gasteiger partial charge >= 0.3 is 5.97 Å². The van der Waals surface area contributed by atoms with Crippen LogP contribution in [0.2, 0.25) is 0 Å². The number of ether oxygens (including phenoxy) is 3. The second-order valence-electron chi connectivity index (χ2n) is 9.05. The van der Waals surface area contributed by atoms with E-state index in [0.29, 0.717) is 43.6 Å². The predicted molar refractivity (Wildman–Crippen MR) is 135 cm³/mol. The van der Waals surface area contributed by atoms with Gasteiger partial charge in [0.1, 0.15) is 12.4 Å². The van der Waals surface area contributed by atoms with Crippen molar-refractivity contribution in [1.29, 1.82) is 0 Å². The first-order valence-electron chi connectivity index (χ1n) is 12.5. The minimum absolute atomic E-state index is 0.0287. The first-order chi connectivity index (χ1) is 18.3. The van der Waals surface area contributed by atoms with Crippen LogP contribution in [-0.4, -0.2) is 19.2 Å². The smallest absolute Gasteiger partial charge is 0.314 e. The maximum atomic E-state index is 14.8. The van der Waals surface area contributed by atoms with Crippen molar-refractivity contribution in [1.82, 2.24) is 0 Å². The summed E-state index contributed by atoms with van der Waals surface area (Å²) in [7, 11) is 0. The monoisotopic (exact) mass is 528 g/mol. The molecule has 0 atom stereocenters. The highest BCUT2D eigenvalue weighted by Gasteiger charge is 2.31. The zero-order valence-corrected chi connectivity index (χ0v) is 20.9. The van der Waals surface area contributed by atoms with Gasteiger partial charge in [-0.05, 0) is 80.0 Å². The molecule has 3 aromatic rings. The Kier molecular flexibility index (Phi) is 8.71. The van der Waals surface area contributed by atoms with E-state index < -0.39 is 40.9 Å². The number of carbonyl (C=O) groups excluding carboxylic acids is 1. The van der Waals surface area contributed by atoms with Crippen LogP contribution in [0.1, 0.15) is 44.1 Å². The van der Waals surface area contributed by atoms with Crippen LogP contribution in [0, 0.1) is 29.2 Å². The van der Waals surface area contributed by atoms with Gasteiger partial charge in [-0.25, -0.2) is 8.78 Å². The van der Waals surface area contributed by atoms with Crippen molar-refractivity contribution in [2.75, 3.05) is 13.2 Å². The fourth-order valence-electron chi connectivity index (χ4n) is 4.68. The van der Waals surface area contributed by atoms with Crippen molar-refractivity contribution < 1.29 is 36.6 Å². The number of hydrogen-bond donors (Lipinski definition) is 0. The zero-order valence-electron chi connectivity index (χ0n) is 20.9. The van der Waals surface area contributed by atoms with Gasteiger partial charge in [0, 0.05) is 5.56 Å². The van der Waals surface area contributed by atoms with E-state index in [9.17, 15) is 22.4 Å². The van der Waals surface area contributed by atoms with Crippen LogP contribution in [0.5, 0.6) is 17.2 Å². The number of benzene rings is 3. The molecule has 8 heteroatoms. The quantitative estimate of drug-likeness (QED) is 0.123. The van der Waals surface area contributed by atoms with E-state index in [1.165, 1.54) is 30.3 Å². The minimum Gasteiger partial charge on any atom is -0.494 e. The van der Waals surface area contributed by atoms with Gasteiger partial charge in [-0.3, -0.25) is 4.79 Å². The summed E-state index contributed by atoms with van der Waals surface area (Å²) in [5.74, 6) is -6.02. The summed E-state index contributed by atoms with van der Waals surface area (Å²) < 4.78 is 74.3. The molecule has 0 N–H and O–H groups in total. The number of halogens is 4. The molecule has 200 valence electrons. The lowest BCUT2D eigenvalue weighted by atomic mass is 9.78. The van der Waals surface area contributed by atoms with Gasteiger partial charge in [-0.1, -0.05) is 30.9 Å². The first kappa shape index (κ1) is 27.2. The summed E-state index contributed by atoms with van der Waals surface area (Å²) in [4.78, 5) is 12.7. The fraction of sp³-hybridized carbons (Fsp3) is 0.300. The summed E-state index contributed by atoms with van der Waals surface area (Å²) in [6.07, 6.45) is 2.94. The van der Waals surface area contributed by atoms with Crippen molar-refractivity contribution >= 4 is 5.97 Å². The van der Waals surface area contributed by atoms with Crippen molar-refractivity contribution in [2.24, 2.45) is 5.92 Å². The molecule has 1 aliphatic rings. The second-order valence-corrected chi connectivity index (χ2v) is 9.05. The standard InChI is InChI=1S/C30H28F4O4/c1-3-17-37-24-15-13-22(26(31)28(24)33)18-5-7-20(8-6-18)30(35)38-25-16-14-23(27(32)29(25)34)19-9-11-21(12-10-19)36-4-2/h3,9-16,18,20H,1,4-8,17H2,2H3. The molecule has 0 saturated heterocycles. The van der Waals surface area contributed by atoms with E-state index in [4.69, 9.17) is 14.2 Å².